The van der Waals surface area contributed by atoms with Crippen LogP contribution in [0.2, 0.25) is 0 Å². The van der Waals surface area contributed by atoms with Crippen LogP contribution in [0.5, 0.6) is 0 Å². The van der Waals surface area contributed by atoms with Crippen molar-refractivity contribution in [3.63, 3.8) is 0 Å². The Bertz CT molecular complexity index is 457. The molecule has 3 N–H and O–H groups in total. The molecule has 0 radical (unpaired) electrons. The molecule has 0 spiro atoms. The Balaban J connectivity index is 2.66. The van der Waals surface area contributed by atoms with Gasteiger partial charge in [0.25, 0.3) is 5.91 Å². The third-order valence-corrected chi connectivity index (χ3v) is 2.82. The van der Waals surface area contributed by atoms with Crippen molar-refractivity contribution in [3.8, 4) is 0 Å². The van der Waals surface area contributed by atoms with Gasteiger partial charge in [0.15, 0.2) is 6.10 Å². The van der Waals surface area contributed by atoms with Crippen LogP contribution in [0.3, 0.4) is 0 Å². The van der Waals surface area contributed by atoms with Gasteiger partial charge in [0.05, 0.1) is 5.56 Å². The number of hydrogen-bond acceptors (Lipinski definition) is 4. The van der Waals surface area contributed by atoms with E-state index in [9.17, 15) is 9.59 Å². The molecule has 0 bridgehead atoms. The first kappa shape index (κ1) is 15.5. The maximum atomic E-state index is 11.9. The Morgan fingerprint density at radius 2 is 2.11 bits per heavy atom. The maximum absolute atomic E-state index is 11.9. The van der Waals surface area contributed by atoms with Crippen molar-refractivity contribution in [2.45, 2.75) is 26.4 Å². The SMILES string of the molecule is CCCNC(=O)C(C)OC(=O)c1cc(N)cc(Br)c1. The lowest BCUT2D eigenvalue weighted by molar-refractivity contribution is -0.129. The van der Waals surface area contributed by atoms with Crippen molar-refractivity contribution in [2.24, 2.45) is 0 Å². The first-order valence-electron chi connectivity index (χ1n) is 5.98. The van der Waals surface area contributed by atoms with Crippen LogP contribution in [-0.2, 0) is 9.53 Å². The maximum Gasteiger partial charge on any atom is 0.339 e. The molecular weight excluding hydrogens is 312 g/mol. The topological polar surface area (TPSA) is 81.4 Å². The van der Waals surface area contributed by atoms with Crippen LogP contribution < -0.4 is 11.1 Å². The fourth-order valence-corrected chi connectivity index (χ4v) is 1.92. The summed E-state index contributed by atoms with van der Waals surface area (Å²) in [5.41, 5.74) is 6.39. The fraction of sp³-hybridized carbons (Fsp3) is 0.385. The molecule has 1 amide bonds. The Morgan fingerprint density at radius 3 is 2.68 bits per heavy atom. The molecule has 0 aromatic heterocycles. The highest BCUT2D eigenvalue weighted by atomic mass is 79.9. The first-order valence-corrected chi connectivity index (χ1v) is 6.78. The van der Waals surface area contributed by atoms with Crippen molar-refractivity contribution < 1.29 is 14.3 Å². The molecule has 1 aromatic carbocycles. The molecule has 0 aliphatic rings. The minimum atomic E-state index is -0.834. The molecule has 0 saturated heterocycles. The third kappa shape index (κ3) is 4.90. The van der Waals surface area contributed by atoms with E-state index in [2.05, 4.69) is 21.2 Å². The van der Waals surface area contributed by atoms with Crippen LogP contribution in [-0.4, -0.2) is 24.5 Å². The molecule has 1 unspecified atom stereocenters. The number of carbonyl (C=O) groups excluding carboxylic acids is 2. The molecule has 1 atom stereocenters. The number of esters is 1. The van der Waals surface area contributed by atoms with E-state index in [1.165, 1.54) is 13.0 Å². The van der Waals surface area contributed by atoms with E-state index < -0.39 is 12.1 Å². The quantitative estimate of drug-likeness (QED) is 0.640. The van der Waals surface area contributed by atoms with E-state index in [4.69, 9.17) is 10.5 Å². The number of nitrogens with two attached hydrogens (primary N) is 1. The minimum absolute atomic E-state index is 0.307. The van der Waals surface area contributed by atoms with Crippen molar-refractivity contribution >= 4 is 33.5 Å². The van der Waals surface area contributed by atoms with Gasteiger partial charge in [-0.15, -0.1) is 0 Å². The first-order chi connectivity index (χ1) is 8.93. The van der Waals surface area contributed by atoms with Gasteiger partial charge >= 0.3 is 5.97 Å². The minimum Gasteiger partial charge on any atom is -0.449 e. The summed E-state index contributed by atoms with van der Waals surface area (Å²) in [4.78, 5) is 23.4. The number of nitrogen functional groups attached to an aromatic ring is 1. The summed E-state index contributed by atoms with van der Waals surface area (Å²) in [6, 6.07) is 4.77. The second-order valence-electron chi connectivity index (χ2n) is 4.11. The van der Waals surface area contributed by atoms with Crippen molar-refractivity contribution in [3.05, 3.63) is 28.2 Å². The Hall–Kier alpha value is -1.56. The van der Waals surface area contributed by atoms with Gasteiger partial charge in [-0.3, -0.25) is 4.79 Å². The van der Waals surface area contributed by atoms with E-state index in [0.717, 1.165) is 6.42 Å². The van der Waals surface area contributed by atoms with Gasteiger partial charge in [-0.25, -0.2) is 4.79 Å². The summed E-state index contributed by atoms with van der Waals surface area (Å²) in [6.45, 7) is 4.04. The van der Waals surface area contributed by atoms with Crippen LogP contribution in [0.25, 0.3) is 0 Å². The van der Waals surface area contributed by atoms with E-state index in [1.807, 2.05) is 6.92 Å². The Morgan fingerprint density at radius 1 is 1.42 bits per heavy atom. The van der Waals surface area contributed by atoms with Crippen LogP contribution in [0, 0.1) is 0 Å². The van der Waals surface area contributed by atoms with Crippen molar-refractivity contribution in [1.82, 2.24) is 5.32 Å². The van der Waals surface area contributed by atoms with Crippen LogP contribution in [0.1, 0.15) is 30.6 Å². The number of anilines is 1. The third-order valence-electron chi connectivity index (χ3n) is 2.36. The van der Waals surface area contributed by atoms with Gasteiger partial charge in [0.2, 0.25) is 0 Å². The number of amides is 1. The standard InChI is InChI=1S/C13H17BrN2O3/c1-3-4-16-12(17)8(2)19-13(18)9-5-10(14)7-11(15)6-9/h5-8H,3-4,15H2,1-2H3,(H,16,17). The number of hydrogen-bond donors (Lipinski definition) is 2. The highest BCUT2D eigenvalue weighted by Gasteiger charge is 2.18. The summed E-state index contributed by atoms with van der Waals surface area (Å²) >= 11 is 3.24. The Kier molecular flexibility index (Phi) is 5.82. The van der Waals surface area contributed by atoms with Crippen molar-refractivity contribution in [2.75, 3.05) is 12.3 Å². The van der Waals surface area contributed by atoms with Crippen LogP contribution in [0.15, 0.2) is 22.7 Å². The van der Waals surface area contributed by atoms with E-state index in [1.54, 1.807) is 12.1 Å². The summed E-state index contributed by atoms with van der Waals surface area (Å²) in [5.74, 6) is -0.884. The van der Waals surface area contributed by atoms with Gasteiger partial charge in [0.1, 0.15) is 0 Å². The predicted octanol–water partition coefficient (Wildman–Crippen LogP) is 2.10. The number of rotatable bonds is 5. The molecule has 19 heavy (non-hydrogen) atoms. The van der Waals surface area contributed by atoms with Crippen LogP contribution >= 0.6 is 15.9 Å². The highest BCUT2D eigenvalue weighted by Crippen LogP contribution is 2.18. The van der Waals surface area contributed by atoms with E-state index in [-0.39, 0.29) is 5.91 Å². The number of benzene rings is 1. The van der Waals surface area contributed by atoms with E-state index >= 15 is 0 Å². The predicted molar refractivity (Wildman–Crippen MR) is 76.7 cm³/mol. The summed E-state index contributed by atoms with van der Waals surface area (Å²) in [6.07, 6.45) is -0.00607. The highest BCUT2D eigenvalue weighted by molar-refractivity contribution is 9.10. The summed E-state index contributed by atoms with van der Waals surface area (Å²) < 4.78 is 5.76. The normalized spacial score (nSPS) is 11.7. The fourth-order valence-electron chi connectivity index (χ4n) is 1.40. The molecule has 1 aromatic rings. The number of halogens is 1. The molecule has 0 aliphatic heterocycles. The van der Waals surface area contributed by atoms with Crippen molar-refractivity contribution in [1.29, 1.82) is 0 Å². The van der Waals surface area contributed by atoms with Gasteiger partial charge in [-0.2, -0.15) is 0 Å². The average molecular weight is 329 g/mol. The zero-order valence-electron chi connectivity index (χ0n) is 10.9. The average Bonchev–Trinajstić information content (AvgIpc) is 2.34. The molecule has 0 saturated carbocycles. The number of carbonyl (C=O) groups is 2. The van der Waals surface area contributed by atoms with E-state index in [0.29, 0.717) is 22.3 Å². The Labute approximate surface area is 120 Å². The second kappa shape index (κ2) is 7.13. The molecule has 6 heteroatoms. The molecular formula is C13H17BrN2O3. The van der Waals surface area contributed by atoms with Gasteiger partial charge in [-0.1, -0.05) is 22.9 Å². The lowest BCUT2D eigenvalue weighted by Gasteiger charge is -2.13. The van der Waals surface area contributed by atoms with Gasteiger partial charge in [0, 0.05) is 16.7 Å². The molecule has 104 valence electrons. The molecule has 0 fully saturated rings. The van der Waals surface area contributed by atoms with Crippen LogP contribution in [0.4, 0.5) is 5.69 Å². The largest absolute Gasteiger partial charge is 0.449 e. The summed E-state index contributed by atoms with van der Waals surface area (Å²) in [5, 5.41) is 2.66. The zero-order chi connectivity index (χ0) is 14.4. The molecule has 0 aliphatic carbocycles. The zero-order valence-corrected chi connectivity index (χ0v) is 12.5. The lowest BCUT2D eigenvalue weighted by Crippen LogP contribution is -2.36. The number of ether oxygens (including phenoxy) is 1. The monoisotopic (exact) mass is 328 g/mol. The molecule has 1 rings (SSSR count). The number of nitrogens with one attached hydrogen (secondary N) is 1. The smallest absolute Gasteiger partial charge is 0.339 e. The molecule has 5 nitrogen and oxygen atoms in total. The van der Waals surface area contributed by atoms with Gasteiger partial charge < -0.3 is 15.8 Å². The lowest BCUT2D eigenvalue weighted by atomic mass is 10.2. The van der Waals surface area contributed by atoms with Gasteiger partial charge in [-0.05, 0) is 31.5 Å². The second-order valence-corrected chi connectivity index (χ2v) is 5.03. The summed E-state index contributed by atoms with van der Waals surface area (Å²) in [7, 11) is 0. The molecule has 0 heterocycles.